The van der Waals surface area contributed by atoms with E-state index in [2.05, 4.69) is 10.6 Å². The molecule has 0 aliphatic carbocycles. The van der Waals surface area contributed by atoms with Crippen LogP contribution in [0, 0.1) is 0 Å². The van der Waals surface area contributed by atoms with Crippen LogP contribution < -0.4 is 15.4 Å². The largest absolute Gasteiger partial charge is 0.479 e. The lowest BCUT2D eigenvalue weighted by molar-refractivity contribution is -0.122. The Morgan fingerprint density at radius 3 is 3.11 bits per heavy atom. The molecule has 1 aromatic rings. The Bertz CT molecular complexity index is 460. The van der Waals surface area contributed by atoms with Gasteiger partial charge in [0, 0.05) is 0 Å². The lowest BCUT2D eigenvalue weighted by Gasteiger charge is -2.23. The van der Waals surface area contributed by atoms with Crippen LogP contribution in [0.1, 0.15) is 12.5 Å². The van der Waals surface area contributed by atoms with Crippen molar-refractivity contribution >= 4 is 17.9 Å². The van der Waals surface area contributed by atoms with Crippen molar-refractivity contribution in [1.82, 2.24) is 5.32 Å². The number of amides is 1. The van der Waals surface area contributed by atoms with Crippen molar-refractivity contribution in [2.75, 3.05) is 18.4 Å². The van der Waals surface area contributed by atoms with Gasteiger partial charge in [-0.2, -0.15) is 0 Å². The summed E-state index contributed by atoms with van der Waals surface area (Å²) in [6, 6.07) is 5.73. The normalized spacial score (nSPS) is 17.6. The minimum Gasteiger partial charge on any atom is -0.479 e. The molecule has 1 aliphatic rings. The van der Waals surface area contributed by atoms with Crippen LogP contribution in [-0.4, -0.2) is 31.4 Å². The highest BCUT2D eigenvalue weighted by Gasteiger charge is 2.23. The van der Waals surface area contributed by atoms with Crippen LogP contribution >= 0.6 is 0 Å². The summed E-state index contributed by atoms with van der Waals surface area (Å²) >= 11 is 0. The zero-order valence-corrected chi connectivity index (χ0v) is 10.2. The van der Waals surface area contributed by atoms with Gasteiger partial charge in [-0.25, -0.2) is 0 Å². The van der Waals surface area contributed by atoms with E-state index in [1.807, 2.05) is 18.2 Å². The molecule has 1 heterocycles. The third-order valence-corrected chi connectivity index (χ3v) is 2.79. The molecule has 1 atom stereocenters. The molecule has 0 radical (unpaired) electrons. The highest BCUT2D eigenvalue weighted by Crippen LogP contribution is 2.30. The van der Waals surface area contributed by atoms with E-state index in [0.717, 1.165) is 24.8 Å². The topological polar surface area (TPSA) is 67.4 Å². The molecule has 1 amide bonds. The van der Waals surface area contributed by atoms with Gasteiger partial charge in [0.2, 0.25) is 0 Å². The highest BCUT2D eigenvalue weighted by atomic mass is 16.5. The molecule has 5 nitrogen and oxygen atoms in total. The second kappa shape index (κ2) is 5.64. The van der Waals surface area contributed by atoms with Crippen LogP contribution in [-0.2, 0) is 16.0 Å². The minimum atomic E-state index is -0.447. The summed E-state index contributed by atoms with van der Waals surface area (Å²) in [6.07, 6.45) is 1.19. The van der Waals surface area contributed by atoms with E-state index in [0.29, 0.717) is 18.0 Å². The first-order valence-electron chi connectivity index (χ1n) is 5.95. The van der Waals surface area contributed by atoms with Gasteiger partial charge in [0.15, 0.2) is 6.10 Å². The number of ether oxygens (including phenoxy) is 1. The molecular formula is C13H16N2O3. The quantitative estimate of drug-likeness (QED) is 0.595. The summed E-state index contributed by atoms with van der Waals surface area (Å²) < 4.78 is 5.47. The van der Waals surface area contributed by atoms with Crippen molar-refractivity contribution in [3.63, 3.8) is 0 Å². The number of fused-ring (bicyclic) bond motifs is 1. The number of benzene rings is 1. The van der Waals surface area contributed by atoms with Gasteiger partial charge in [0.25, 0.3) is 5.91 Å². The summed E-state index contributed by atoms with van der Waals surface area (Å²) in [5, 5.41) is 5.80. The van der Waals surface area contributed by atoms with Crippen molar-refractivity contribution in [3.05, 3.63) is 23.8 Å². The predicted molar refractivity (Wildman–Crippen MR) is 67.8 cm³/mol. The highest BCUT2D eigenvalue weighted by molar-refractivity contribution is 5.97. The lowest BCUT2D eigenvalue weighted by atomic mass is 10.1. The van der Waals surface area contributed by atoms with Crippen molar-refractivity contribution in [2.24, 2.45) is 0 Å². The fourth-order valence-electron chi connectivity index (χ4n) is 1.81. The second-order valence-electron chi connectivity index (χ2n) is 4.20. The summed E-state index contributed by atoms with van der Waals surface area (Å²) in [6.45, 7) is 2.81. The molecule has 1 aromatic carbocycles. The Balaban J connectivity index is 2.01. The Hall–Kier alpha value is -1.88. The van der Waals surface area contributed by atoms with Crippen molar-refractivity contribution < 1.29 is 14.3 Å². The number of nitrogens with one attached hydrogen (secondary N) is 2. The molecule has 0 saturated carbocycles. The standard InChI is InChI=1S/C13H16N2O3/c1-9-13(17)15-11-8-10(2-3-12(11)18-9)4-5-14-6-7-16/h2-3,7-9,14H,4-6H2,1H3,(H,15,17). The van der Waals surface area contributed by atoms with E-state index in [4.69, 9.17) is 4.74 Å². The maximum atomic E-state index is 11.5. The Kier molecular flexibility index (Phi) is 3.94. The molecule has 0 saturated heterocycles. The second-order valence-corrected chi connectivity index (χ2v) is 4.20. The van der Waals surface area contributed by atoms with Gasteiger partial charge in [-0.05, 0) is 37.6 Å². The molecule has 18 heavy (non-hydrogen) atoms. The van der Waals surface area contributed by atoms with Gasteiger partial charge < -0.3 is 20.2 Å². The number of carbonyl (C=O) groups is 2. The molecule has 0 fully saturated rings. The smallest absolute Gasteiger partial charge is 0.265 e. The van der Waals surface area contributed by atoms with Crippen LogP contribution in [0.2, 0.25) is 0 Å². The number of carbonyl (C=O) groups excluding carboxylic acids is 2. The zero-order valence-electron chi connectivity index (χ0n) is 10.2. The summed E-state index contributed by atoms with van der Waals surface area (Å²) in [7, 11) is 0. The van der Waals surface area contributed by atoms with Crippen molar-refractivity contribution in [1.29, 1.82) is 0 Å². The van der Waals surface area contributed by atoms with Gasteiger partial charge in [-0.3, -0.25) is 4.79 Å². The first-order valence-corrected chi connectivity index (χ1v) is 5.95. The molecular weight excluding hydrogens is 232 g/mol. The average molecular weight is 248 g/mol. The molecule has 5 heteroatoms. The molecule has 96 valence electrons. The van der Waals surface area contributed by atoms with E-state index in [1.165, 1.54) is 0 Å². The van der Waals surface area contributed by atoms with Crippen LogP contribution in [0.3, 0.4) is 0 Å². The van der Waals surface area contributed by atoms with E-state index in [9.17, 15) is 9.59 Å². The Morgan fingerprint density at radius 2 is 2.33 bits per heavy atom. The average Bonchev–Trinajstić information content (AvgIpc) is 2.36. The molecule has 0 bridgehead atoms. The van der Waals surface area contributed by atoms with E-state index in [-0.39, 0.29) is 5.91 Å². The van der Waals surface area contributed by atoms with Gasteiger partial charge in [0.05, 0.1) is 12.2 Å². The number of aldehydes is 1. The zero-order chi connectivity index (χ0) is 13.0. The maximum absolute atomic E-state index is 11.5. The molecule has 2 N–H and O–H groups in total. The molecule has 1 unspecified atom stereocenters. The van der Waals surface area contributed by atoms with Crippen molar-refractivity contribution in [2.45, 2.75) is 19.4 Å². The molecule has 0 spiro atoms. The monoisotopic (exact) mass is 248 g/mol. The third kappa shape index (κ3) is 2.87. The summed E-state index contributed by atoms with van der Waals surface area (Å²) in [4.78, 5) is 21.6. The number of hydrogen-bond donors (Lipinski definition) is 2. The lowest BCUT2D eigenvalue weighted by Crippen LogP contribution is -2.34. The number of anilines is 1. The van der Waals surface area contributed by atoms with Gasteiger partial charge in [-0.1, -0.05) is 6.07 Å². The van der Waals surface area contributed by atoms with E-state index >= 15 is 0 Å². The first kappa shape index (κ1) is 12.6. The van der Waals surface area contributed by atoms with Crippen LogP contribution in [0.5, 0.6) is 5.75 Å². The number of hydrogen-bond acceptors (Lipinski definition) is 4. The Labute approximate surface area is 106 Å². The third-order valence-electron chi connectivity index (χ3n) is 2.79. The number of rotatable bonds is 5. The van der Waals surface area contributed by atoms with Gasteiger partial charge >= 0.3 is 0 Å². The first-order chi connectivity index (χ1) is 8.70. The summed E-state index contributed by atoms with van der Waals surface area (Å²) in [5.41, 5.74) is 1.80. The molecule has 1 aliphatic heterocycles. The van der Waals surface area contributed by atoms with Gasteiger partial charge in [0.1, 0.15) is 12.0 Å². The van der Waals surface area contributed by atoms with Crippen LogP contribution in [0.4, 0.5) is 5.69 Å². The summed E-state index contributed by atoms with van der Waals surface area (Å²) in [5.74, 6) is 0.574. The minimum absolute atomic E-state index is 0.126. The fraction of sp³-hybridized carbons (Fsp3) is 0.385. The Morgan fingerprint density at radius 1 is 1.50 bits per heavy atom. The maximum Gasteiger partial charge on any atom is 0.265 e. The van der Waals surface area contributed by atoms with Crippen molar-refractivity contribution in [3.8, 4) is 5.75 Å². The van der Waals surface area contributed by atoms with E-state index in [1.54, 1.807) is 6.92 Å². The molecule has 0 aromatic heterocycles. The SMILES string of the molecule is CC1Oc2ccc(CCNCC=O)cc2NC1=O. The molecule has 2 rings (SSSR count). The van der Waals surface area contributed by atoms with E-state index < -0.39 is 6.10 Å². The van der Waals surface area contributed by atoms with Crippen LogP contribution in [0.15, 0.2) is 18.2 Å². The van der Waals surface area contributed by atoms with Gasteiger partial charge in [-0.15, -0.1) is 0 Å². The predicted octanol–water partition coefficient (Wildman–Crippen LogP) is 0.737. The van der Waals surface area contributed by atoms with Crippen LogP contribution in [0.25, 0.3) is 0 Å². The fourth-order valence-corrected chi connectivity index (χ4v) is 1.81.